The molecule has 0 saturated heterocycles. The van der Waals surface area contributed by atoms with Crippen LogP contribution in [-0.4, -0.2) is 29.9 Å². The average Bonchev–Trinajstić information content (AvgIpc) is 2.85. The van der Waals surface area contributed by atoms with Gasteiger partial charge in [0, 0.05) is 30.2 Å². The SMILES string of the molecule is Cc1nc(C(C)Nc2cc(Cl)ccc2C(=O)N(C)C)cs1. The molecule has 1 amide bonds. The van der Waals surface area contributed by atoms with Gasteiger partial charge in [0.1, 0.15) is 0 Å². The minimum atomic E-state index is -0.0594. The van der Waals surface area contributed by atoms with E-state index in [2.05, 4.69) is 10.3 Å². The first kappa shape index (κ1) is 15.8. The van der Waals surface area contributed by atoms with Crippen LogP contribution in [0, 0.1) is 6.92 Å². The molecule has 0 saturated carbocycles. The predicted octanol–water partition coefficient (Wildman–Crippen LogP) is 3.98. The number of carbonyl (C=O) groups excluding carboxylic acids is 1. The molecule has 0 aliphatic carbocycles. The highest BCUT2D eigenvalue weighted by atomic mass is 35.5. The molecular formula is C15H18ClN3OS. The summed E-state index contributed by atoms with van der Waals surface area (Å²) in [4.78, 5) is 18.2. The molecule has 4 nitrogen and oxygen atoms in total. The molecule has 6 heteroatoms. The van der Waals surface area contributed by atoms with Crippen molar-refractivity contribution >= 4 is 34.5 Å². The monoisotopic (exact) mass is 323 g/mol. The van der Waals surface area contributed by atoms with Crippen LogP contribution in [0.5, 0.6) is 0 Å². The number of amides is 1. The van der Waals surface area contributed by atoms with Crippen LogP contribution in [0.1, 0.15) is 34.0 Å². The van der Waals surface area contributed by atoms with Crippen molar-refractivity contribution in [3.05, 3.63) is 44.9 Å². The second-order valence-corrected chi connectivity index (χ2v) is 6.55. The van der Waals surface area contributed by atoms with E-state index in [1.165, 1.54) is 0 Å². The molecule has 0 spiro atoms. The second kappa shape index (κ2) is 6.45. The number of nitrogens with zero attached hydrogens (tertiary/aromatic N) is 2. The number of hydrogen-bond donors (Lipinski definition) is 1. The highest BCUT2D eigenvalue weighted by Gasteiger charge is 2.16. The van der Waals surface area contributed by atoms with Gasteiger partial charge in [0.25, 0.3) is 5.91 Å². The van der Waals surface area contributed by atoms with Gasteiger partial charge in [-0.05, 0) is 32.0 Å². The normalized spacial score (nSPS) is 12.0. The number of thiazole rings is 1. The molecular weight excluding hydrogens is 306 g/mol. The minimum absolute atomic E-state index is 0.00197. The Morgan fingerprint density at radius 1 is 1.43 bits per heavy atom. The molecule has 0 fully saturated rings. The Hall–Kier alpha value is -1.59. The van der Waals surface area contributed by atoms with Crippen molar-refractivity contribution < 1.29 is 4.79 Å². The first-order valence-electron chi connectivity index (χ1n) is 6.58. The van der Waals surface area contributed by atoms with Crippen LogP contribution < -0.4 is 5.32 Å². The summed E-state index contributed by atoms with van der Waals surface area (Å²) in [6.45, 7) is 3.99. The molecule has 0 aliphatic heterocycles. The number of halogens is 1. The predicted molar refractivity (Wildman–Crippen MR) is 88.4 cm³/mol. The number of benzene rings is 1. The lowest BCUT2D eigenvalue weighted by atomic mass is 10.1. The summed E-state index contributed by atoms with van der Waals surface area (Å²) in [5, 5.41) is 6.96. The van der Waals surface area contributed by atoms with Gasteiger partial charge in [0.15, 0.2) is 0 Å². The van der Waals surface area contributed by atoms with Crippen LogP contribution in [0.4, 0.5) is 5.69 Å². The molecule has 21 heavy (non-hydrogen) atoms. The van der Waals surface area contributed by atoms with Crippen molar-refractivity contribution in [3.63, 3.8) is 0 Å². The Labute approximate surface area is 133 Å². The Morgan fingerprint density at radius 3 is 2.71 bits per heavy atom. The average molecular weight is 324 g/mol. The maximum absolute atomic E-state index is 12.2. The van der Waals surface area contributed by atoms with E-state index >= 15 is 0 Å². The van der Waals surface area contributed by atoms with E-state index in [4.69, 9.17) is 11.6 Å². The third-order valence-electron chi connectivity index (χ3n) is 3.07. The third kappa shape index (κ3) is 3.74. The number of hydrogen-bond acceptors (Lipinski definition) is 4. The molecule has 2 rings (SSSR count). The topological polar surface area (TPSA) is 45.2 Å². The van der Waals surface area contributed by atoms with E-state index in [1.807, 2.05) is 19.2 Å². The van der Waals surface area contributed by atoms with Crippen LogP contribution in [-0.2, 0) is 0 Å². The van der Waals surface area contributed by atoms with E-state index < -0.39 is 0 Å². The number of aryl methyl sites for hydroxylation is 1. The largest absolute Gasteiger partial charge is 0.376 e. The minimum Gasteiger partial charge on any atom is -0.376 e. The van der Waals surface area contributed by atoms with Crippen molar-refractivity contribution in [3.8, 4) is 0 Å². The third-order valence-corrected chi connectivity index (χ3v) is 4.10. The van der Waals surface area contributed by atoms with E-state index in [0.717, 1.165) is 16.4 Å². The number of carbonyl (C=O) groups is 1. The van der Waals surface area contributed by atoms with E-state index in [0.29, 0.717) is 10.6 Å². The zero-order chi connectivity index (χ0) is 15.6. The molecule has 1 heterocycles. The molecule has 1 N–H and O–H groups in total. The summed E-state index contributed by atoms with van der Waals surface area (Å²) in [6.07, 6.45) is 0. The standard InChI is InChI=1S/C15H18ClN3OS/c1-9(14-8-21-10(2)18-14)17-13-7-11(16)5-6-12(13)15(20)19(3)4/h5-9,17H,1-4H3. The number of nitrogens with one attached hydrogen (secondary N) is 1. The number of anilines is 1. The number of aromatic nitrogens is 1. The molecule has 0 aliphatic rings. The molecule has 112 valence electrons. The van der Waals surface area contributed by atoms with Gasteiger partial charge < -0.3 is 10.2 Å². The summed E-state index contributed by atoms with van der Waals surface area (Å²) >= 11 is 7.67. The van der Waals surface area contributed by atoms with Crippen molar-refractivity contribution in [2.75, 3.05) is 19.4 Å². The molecule has 1 aromatic carbocycles. The highest BCUT2D eigenvalue weighted by Crippen LogP contribution is 2.27. The van der Waals surface area contributed by atoms with E-state index in [1.54, 1.807) is 48.5 Å². The van der Waals surface area contributed by atoms with Crippen molar-refractivity contribution in [1.29, 1.82) is 0 Å². The van der Waals surface area contributed by atoms with Gasteiger partial charge >= 0.3 is 0 Å². The lowest BCUT2D eigenvalue weighted by Crippen LogP contribution is -2.23. The lowest BCUT2D eigenvalue weighted by molar-refractivity contribution is 0.0828. The van der Waals surface area contributed by atoms with Crippen LogP contribution in [0.15, 0.2) is 23.6 Å². The summed E-state index contributed by atoms with van der Waals surface area (Å²) < 4.78 is 0. The fourth-order valence-electron chi connectivity index (χ4n) is 1.95. The van der Waals surface area contributed by atoms with Gasteiger partial charge in [-0.15, -0.1) is 11.3 Å². The highest BCUT2D eigenvalue weighted by molar-refractivity contribution is 7.09. The Balaban J connectivity index is 2.30. The van der Waals surface area contributed by atoms with E-state index in [9.17, 15) is 4.79 Å². The maximum atomic E-state index is 12.2. The van der Waals surface area contributed by atoms with Crippen LogP contribution >= 0.6 is 22.9 Å². The van der Waals surface area contributed by atoms with Gasteiger partial charge in [-0.2, -0.15) is 0 Å². The Kier molecular flexibility index (Phi) is 4.85. The molecule has 0 bridgehead atoms. The molecule has 1 aromatic heterocycles. The van der Waals surface area contributed by atoms with E-state index in [-0.39, 0.29) is 11.9 Å². The smallest absolute Gasteiger partial charge is 0.255 e. The molecule has 1 atom stereocenters. The number of rotatable bonds is 4. The maximum Gasteiger partial charge on any atom is 0.255 e. The summed E-state index contributed by atoms with van der Waals surface area (Å²) in [7, 11) is 3.46. The van der Waals surface area contributed by atoms with Gasteiger partial charge in [-0.1, -0.05) is 11.6 Å². The summed E-state index contributed by atoms with van der Waals surface area (Å²) in [6, 6.07) is 5.24. The quantitative estimate of drug-likeness (QED) is 0.925. The Morgan fingerprint density at radius 2 is 2.14 bits per heavy atom. The van der Waals surface area contributed by atoms with Crippen LogP contribution in [0.2, 0.25) is 5.02 Å². The van der Waals surface area contributed by atoms with Crippen LogP contribution in [0.25, 0.3) is 0 Å². The van der Waals surface area contributed by atoms with Gasteiger partial charge in [0.2, 0.25) is 0 Å². The fraction of sp³-hybridized carbons (Fsp3) is 0.333. The summed E-state index contributed by atoms with van der Waals surface area (Å²) in [5.74, 6) is -0.0594. The van der Waals surface area contributed by atoms with Crippen molar-refractivity contribution in [1.82, 2.24) is 9.88 Å². The molecule has 0 radical (unpaired) electrons. The van der Waals surface area contributed by atoms with Crippen LogP contribution in [0.3, 0.4) is 0 Å². The van der Waals surface area contributed by atoms with Crippen molar-refractivity contribution in [2.24, 2.45) is 0 Å². The second-order valence-electron chi connectivity index (χ2n) is 5.05. The fourth-order valence-corrected chi connectivity index (χ4v) is 2.83. The molecule has 2 aromatic rings. The van der Waals surface area contributed by atoms with Gasteiger partial charge in [-0.25, -0.2) is 4.98 Å². The molecule has 1 unspecified atom stereocenters. The zero-order valence-electron chi connectivity index (χ0n) is 12.5. The first-order chi connectivity index (χ1) is 9.88. The van der Waals surface area contributed by atoms with Gasteiger partial charge in [0.05, 0.1) is 22.3 Å². The lowest BCUT2D eigenvalue weighted by Gasteiger charge is -2.19. The Bertz CT molecular complexity index is 654. The first-order valence-corrected chi connectivity index (χ1v) is 7.84. The van der Waals surface area contributed by atoms with Gasteiger partial charge in [-0.3, -0.25) is 4.79 Å². The summed E-state index contributed by atoms with van der Waals surface area (Å²) in [5.41, 5.74) is 2.28. The van der Waals surface area contributed by atoms with Crippen molar-refractivity contribution in [2.45, 2.75) is 19.9 Å². The zero-order valence-corrected chi connectivity index (χ0v) is 14.0.